The number of para-hydroxylation sites is 2. The van der Waals surface area contributed by atoms with E-state index in [1.807, 2.05) is 67.6 Å². The molecule has 0 unspecified atom stereocenters. The number of carbonyl (C=O) groups is 1. The molecule has 118 valence electrons. The number of fused-ring (bicyclic) bond motifs is 2. The SMILES string of the molecule is Cc1[nH]c2ccccc2c1C(=O)CSc1ccc2ccccc2n1. The van der Waals surface area contributed by atoms with Gasteiger partial charge in [-0.1, -0.05) is 54.2 Å². The van der Waals surface area contributed by atoms with E-state index in [9.17, 15) is 4.79 Å². The maximum atomic E-state index is 12.7. The second-order valence-electron chi connectivity index (χ2n) is 5.72. The summed E-state index contributed by atoms with van der Waals surface area (Å²) in [5.74, 6) is 0.513. The van der Waals surface area contributed by atoms with E-state index in [1.165, 1.54) is 11.8 Å². The van der Waals surface area contributed by atoms with E-state index in [2.05, 4.69) is 9.97 Å². The van der Waals surface area contributed by atoms with E-state index in [0.29, 0.717) is 5.75 Å². The number of aryl methyl sites for hydroxylation is 1. The summed E-state index contributed by atoms with van der Waals surface area (Å²) in [6, 6.07) is 20.0. The summed E-state index contributed by atoms with van der Waals surface area (Å²) >= 11 is 1.48. The third-order valence-electron chi connectivity index (χ3n) is 4.10. The van der Waals surface area contributed by atoms with Crippen LogP contribution in [0.3, 0.4) is 0 Å². The molecule has 2 heterocycles. The molecule has 0 amide bonds. The fourth-order valence-electron chi connectivity index (χ4n) is 2.98. The topological polar surface area (TPSA) is 45.8 Å². The summed E-state index contributed by atoms with van der Waals surface area (Å²) in [6.07, 6.45) is 0. The molecule has 4 rings (SSSR count). The van der Waals surface area contributed by atoms with Gasteiger partial charge in [0.05, 0.1) is 16.3 Å². The van der Waals surface area contributed by atoms with Gasteiger partial charge in [0.25, 0.3) is 0 Å². The number of hydrogen-bond acceptors (Lipinski definition) is 3. The van der Waals surface area contributed by atoms with E-state index >= 15 is 0 Å². The molecule has 0 aliphatic heterocycles. The summed E-state index contributed by atoms with van der Waals surface area (Å²) in [6.45, 7) is 1.95. The van der Waals surface area contributed by atoms with Crippen LogP contribution in [0.1, 0.15) is 16.1 Å². The third kappa shape index (κ3) is 2.69. The molecule has 3 nitrogen and oxygen atoms in total. The summed E-state index contributed by atoms with van der Waals surface area (Å²) in [5, 5.41) is 2.98. The van der Waals surface area contributed by atoms with Crippen molar-refractivity contribution in [3.8, 4) is 0 Å². The highest BCUT2D eigenvalue weighted by molar-refractivity contribution is 7.99. The predicted molar refractivity (Wildman–Crippen MR) is 99.8 cm³/mol. The molecule has 2 aromatic heterocycles. The van der Waals surface area contributed by atoms with Crippen molar-refractivity contribution in [2.75, 3.05) is 5.75 Å². The Morgan fingerprint density at radius 3 is 2.75 bits per heavy atom. The third-order valence-corrected chi connectivity index (χ3v) is 5.03. The van der Waals surface area contributed by atoms with Gasteiger partial charge in [-0.3, -0.25) is 4.79 Å². The smallest absolute Gasteiger partial charge is 0.175 e. The van der Waals surface area contributed by atoms with E-state index < -0.39 is 0 Å². The van der Waals surface area contributed by atoms with Gasteiger partial charge in [0.15, 0.2) is 5.78 Å². The molecule has 2 aromatic carbocycles. The Hall–Kier alpha value is -2.59. The van der Waals surface area contributed by atoms with Gasteiger partial charge in [0.1, 0.15) is 0 Å². The minimum atomic E-state index is 0.130. The normalized spacial score (nSPS) is 11.2. The van der Waals surface area contributed by atoms with Crippen molar-refractivity contribution < 1.29 is 4.79 Å². The zero-order valence-electron chi connectivity index (χ0n) is 13.2. The lowest BCUT2D eigenvalue weighted by atomic mass is 10.1. The number of nitrogens with one attached hydrogen (secondary N) is 1. The number of hydrogen-bond donors (Lipinski definition) is 1. The highest BCUT2D eigenvalue weighted by Crippen LogP contribution is 2.26. The number of ketones is 1. The number of pyridine rings is 1. The number of H-pyrrole nitrogens is 1. The Morgan fingerprint density at radius 2 is 1.83 bits per heavy atom. The molecule has 0 atom stereocenters. The maximum absolute atomic E-state index is 12.7. The van der Waals surface area contributed by atoms with Crippen LogP contribution >= 0.6 is 11.8 Å². The molecular formula is C20H16N2OS. The minimum absolute atomic E-state index is 0.130. The first kappa shape index (κ1) is 15.0. The predicted octanol–water partition coefficient (Wildman–Crippen LogP) is 5.00. The van der Waals surface area contributed by atoms with Gasteiger partial charge in [-0.25, -0.2) is 4.98 Å². The van der Waals surface area contributed by atoms with E-state index in [-0.39, 0.29) is 5.78 Å². The number of thioether (sulfide) groups is 1. The fraction of sp³-hybridized carbons (Fsp3) is 0.100. The Kier molecular flexibility index (Phi) is 3.82. The molecule has 0 saturated carbocycles. The number of aromatic nitrogens is 2. The average molecular weight is 332 g/mol. The minimum Gasteiger partial charge on any atom is -0.358 e. The summed E-state index contributed by atoms with van der Waals surface area (Å²) in [4.78, 5) is 20.6. The van der Waals surface area contributed by atoms with Gasteiger partial charge >= 0.3 is 0 Å². The van der Waals surface area contributed by atoms with Crippen molar-refractivity contribution in [3.05, 3.63) is 71.9 Å². The molecule has 0 aliphatic carbocycles. The Labute approximate surface area is 144 Å². The van der Waals surface area contributed by atoms with Crippen LogP contribution < -0.4 is 0 Å². The molecule has 0 bridgehead atoms. The van der Waals surface area contributed by atoms with Gasteiger partial charge < -0.3 is 4.98 Å². The lowest BCUT2D eigenvalue weighted by Gasteiger charge is -2.03. The largest absolute Gasteiger partial charge is 0.358 e. The molecule has 0 radical (unpaired) electrons. The lowest BCUT2D eigenvalue weighted by molar-refractivity contribution is 0.102. The molecule has 4 heteroatoms. The molecular weight excluding hydrogens is 316 g/mol. The van der Waals surface area contributed by atoms with Crippen molar-refractivity contribution in [1.29, 1.82) is 0 Å². The molecule has 0 saturated heterocycles. The molecule has 1 N–H and O–H groups in total. The van der Waals surface area contributed by atoms with Crippen LogP contribution in [-0.4, -0.2) is 21.5 Å². The van der Waals surface area contributed by atoms with Gasteiger partial charge in [-0.05, 0) is 25.1 Å². The zero-order valence-corrected chi connectivity index (χ0v) is 14.1. The lowest BCUT2D eigenvalue weighted by Crippen LogP contribution is -2.03. The van der Waals surface area contributed by atoms with E-state index in [0.717, 1.165) is 38.1 Å². The van der Waals surface area contributed by atoms with Crippen LogP contribution in [0.15, 0.2) is 65.7 Å². The van der Waals surface area contributed by atoms with Crippen molar-refractivity contribution in [2.45, 2.75) is 11.9 Å². The number of Topliss-reactive ketones (excluding diaryl/α,β-unsaturated/α-hetero) is 1. The van der Waals surface area contributed by atoms with Gasteiger partial charge in [-0.2, -0.15) is 0 Å². The van der Waals surface area contributed by atoms with Crippen LogP contribution in [0.25, 0.3) is 21.8 Å². The Bertz CT molecular complexity index is 1050. The first-order valence-electron chi connectivity index (χ1n) is 7.81. The van der Waals surface area contributed by atoms with Crippen molar-refractivity contribution in [3.63, 3.8) is 0 Å². The highest BCUT2D eigenvalue weighted by Gasteiger charge is 2.16. The van der Waals surface area contributed by atoms with Crippen LogP contribution in [0.5, 0.6) is 0 Å². The van der Waals surface area contributed by atoms with Crippen LogP contribution in [0.2, 0.25) is 0 Å². The molecule has 0 aliphatic rings. The maximum Gasteiger partial charge on any atom is 0.175 e. The number of benzene rings is 2. The molecule has 24 heavy (non-hydrogen) atoms. The molecule has 0 spiro atoms. The summed E-state index contributed by atoms with van der Waals surface area (Å²) < 4.78 is 0. The second kappa shape index (κ2) is 6.13. The molecule has 4 aromatic rings. The number of aromatic amines is 1. The van der Waals surface area contributed by atoms with E-state index in [1.54, 1.807) is 0 Å². The van der Waals surface area contributed by atoms with Crippen LogP contribution in [0.4, 0.5) is 0 Å². The Balaban J connectivity index is 1.58. The molecule has 0 fully saturated rings. The second-order valence-corrected chi connectivity index (χ2v) is 6.72. The standard InChI is InChI=1S/C20H16N2OS/c1-13-20(15-7-3-5-9-17(15)21-13)18(23)12-24-19-11-10-14-6-2-4-8-16(14)22-19/h2-11,21H,12H2,1H3. The zero-order chi connectivity index (χ0) is 16.5. The quantitative estimate of drug-likeness (QED) is 0.422. The number of carbonyl (C=O) groups excluding carboxylic acids is 1. The highest BCUT2D eigenvalue weighted by atomic mass is 32.2. The van der Waals surface area contributed by atoms with Crippen molar-refractivity contribution in [1.82, 2.24) is 9.97 Å². The summed E-state index contributed by atoms with van der Waals surface area (Å²) in [7, 11) is 0. The first-order valence-corrected chi connectivity index (χ1v) is 8.80. The van der Waals surface area contributed by atoms with Gasteiger partial charge in [0.2, 0.25) is 0 Å². The Morgan fingerprint density at radius 1 is 1.04 bits per heavy atom. The van der Waals surface area contributed by atoms with Crippen LogP contribution in [0, 0.1) is 6.92 Å². The van der Waals surface area contributed by atoms with Crippen LogP contribution in [-0.2, 0) is 0 Å². The number of nitrogens with zero attached hydrogens (tertiary/aromatic N) is 1. The first-order chi connectivity index (χ1) is 11.7. The fourth-order valence-corrected chi connectivity index (χ4v) is 3.73. The average Bonchev–Trinajstić information content (AvgIpc) is 2.95. The van der Waals surface area contributed by atoms with Crippen molar-refractivity contribution in [2.24, 2.45) is 0 Å². The summed E-state index contributed by atoms with van der Waals surface area (Å²) in [5.41, 5.74) is 3.68. The van der Waals surface area contributed by atoms with Crippen molar-refractivity contribution >= 4 is 39.4 Å². The van der Waals surface area contributed by atoms with Gasteiger partial charge in [-0.15, -0.1) is 0 Å². The van der Waals surface area contributed by atoms with E-state index in [4.69, 9.17) is 0 Å². The monoisotopic (exact) mass is 332 g/mol. The number of rotatable bonds is 4. The van der Waals surface area contributed by atoms with Gasteiger partial charge in [0, 0.05) is 27.5 Å².